The highest BCUT2D eigenvalue weighted by molar-refractivity contribution is 5.84. The van der Waals surface area contributed by atoms with Gasteiger partial charge in [-0.1, -0.05) is 42.5 Å². The van der Waals surface area contributed by atoms with Gasteiger partial charge in [-0.05, 0) is 44.8 Å². The maximum atomic E-state index is 11.9. The lowest BCUT2D eigenvalue weighted by Gasteiger charge is -2.12. The van der Waals surface area contributed by atoms with Gasteiger partial charge in [0.2, 0.25) is 0 Å². The van der Waals surface area contributed by atoms with Crippen LogP contribution in [0.25, 0.3) is 0 Å². The van der Waals surface area contributed by atoms with Crippen LogP contribution in [0.4, 0.5) is 0 Å². The average molecular weight is 386 g/mol. The molecule has 0 fully saturated rings. The van der Waals surface area contributed by atoms with Crippen LogP contribution in [0.15, 0.2) is 72.9 Å². The Hall–Kier alpha value is -3.15. The molecule has 0 aromatic rings. The Morgan fingerprint density at radius 3 is 2.61 bits per heavy atom. The van der Waals surface area contributed by atoms with Gasteiger partial charge in [0.05, 0.1) is 6.10 Å². The summed E-state index contributed by atoms with van der Waals surface area (Å²) >= 11 is 0. The zero-order valence-electron chi connectivity index (χ0n) is 15.9. The van der Waals surface area contributed by atoms with Gasteiger partial charge in [0.15, 0.2) is 0 Å². The molecule has 0 aromatic heterocycles. The third-order valence-corrected chi connectivity index (χ3v) is 3.54. The summed E-state index contributed by atoms with van der Waals surface area (Å²) in [4.78, 5) is 34.1. The predicted molar refractivity (Wildman–Crippen MR) is 106 cm³/mol. The number of allylic oxidation sites excluding steroid dienone is 7. The maximum Gasteiger partial charge on any atom is 0.331 e. The van der Waals surface area contributed by atoms with Gasteiger partial charge in [-0.15, -0.1) is 0 Å². The molecule has 1 aliphatic rings. The van der Waals surface area contributed by atoms with Gasteiger partial charge in [-0.3, -0.25) is 0 Å². The Morgan fingerprint density at radius 2 is 1.86 bits per heavy atom. The molecule has 0 saturated heterocycles. The van der Waals surface area contributed by atoms with Crippen molar-refractivity contribution in [2.75, 3.05) is 0 Å². The molecule has 150 valence electrons. The van der Waals surface area contributed by atoms with Crippen LogP contribution in [0.2, 0.25) is 0 Å². The highest BCUT2D eigenvalue weighted by atomic mass is 16.5. The minimum absolute atomic E-state index is 0.171. The van der Waals surface area contributed by atoms with Gasteiger partial charge < -0.3 is 14.6 Å². The quantitative estimate of drug-likeness (QED) is 0.334. The second-order valence-electron chi connectivity index (χ2n) is 6.02. The van der Waals surface area contributed by atoms with E-state index in [4.69, 9.17) is 14.6 Å². The fraction of sp³-hybridized carbons (Fsp3) is 0.318. The number of carboxylic acids is 1. The van der Waals surface area contributed by atoms with Crippen molar-refractivity contribution in [3.8, 4) is 0 Å². The summed E-state index contributed by atoms with van der Waals surface area (Å²) in [5.74, 6) is -2.12. The van der Waals surface area contributed by atoms with Gasteiger partial charge in [0.1, 0.15) is 6.10 Å². The lowest BCUT2D eigenvalue weighted by Crippen LogP contribution is -2.15. The first kappa shape index (κ1) is 22.9. The monoisotopic (exact) mass is 386 g/mol. The van der Waals surface area contributed by atoms with E-state index in [1.165, 1.54) is 42.5 Å². The van der Waals surface area contributed by atoms with E-state index in [2.05, 4.69) is 6.08 Å². The number of aliphatic carboxylic acids is 1. The van der Waals surface area contributed by atoms with Crippen LogP contribution in [-0.2, 0) is 23.9 Å². The van der Waals surface area contributed by atoms with E-state index >= 15 is 0 Å². The molecule has 0 radical (unpaired) electrons. The van der Waals surface area contributed by atoms with E-state index in [0.717, 1.165) is 25.3 Å². The van der Waals surface area contributed by atoms with Crippen LogP contribution in [0.5, 0.6) is 0 Å². The molecule has 0 saturated carbocycles. The lowest BCUT2D eigenvalue weighted by atomic mass is 10.1. The van der Waals surface area contributed by atoms with E-state index < -0.39 is 24.0 Å². The average Bonchev–Trinajstić information content (AvgIpc) is 2.63. The molecular weight excluding hydrogens is 360 g/mol. The van der Waals surface area contributed by atoms with Gasteiger partial charge in [-0.2, -0.15) is 0 Å². The van der Waals surface area contributed by atoms with E-state index in [1.807, 2.05) is 19.1 Å². The predicted octanol–water partition coefficient (Wildman–Crippen LogP) is 3.83. The normalized spacial score (nSPS) is 21.8. The number of ether oxygens (including phenoxy) is 2. The summed E-state index contributed by atoms with van der Waals surface area (Å²) in [5.41, 5.74) is 0. The highest BCUT2D eigenvalue weighted by Crippen LogP contribution is 2.08. The first-order valence-corrected chi connectivity index (χ1v) is 9.13. The Labute approximate surface area is 165 Å². The summed E-state index contributed by atoms with van der Waals surface area (Å²) < 4.78 is 10.6. The van der Waals surface area contributed by atoms with Crippen LogP contribution in [-0.4, -0.2) is 35.2 Å². The van der Waals surface area contributed by atoms with Crippen molar-refractivity contribution in [2.45, 2.75) is 44.8 Å². The fourth-order valence-electron chi connectivity index (χ4n) is 2.21. The third-order valence-electron chi connectivity index (χ3n) is 3.54. The number of rotatable bonds is 5. The summed E-state index contributed by atoms with van der Waals surface area (Å²) in [6.45, 7) is 1.85. The fourth-order valence-corrected chi connectivity index (χ4v) is 2.21. The van der Waals surface area contributed by atoms with Crippen molar-refractivity contribution in [1.82, 2.24) is 0 Å². The highest BCUT2D eigenvalue weighted by Gasteiger charge is 2.09. The van der Waals surface area contributed by atoms with Crippen molar-refractivity contribution in [2.24, 2.45) is 0 Å². The molecule has 6 nitrogen and oxygen atoms in total. The second kappa shape index (κ2) is 14.0. The Balaban J connectivity index is 2.69. The number of cyclic esters (lactones) is 1. The van der Waals surface area contributed by atoms with Crippen molar-refractivity contribution in [3.63, 3.8) is 0 Å². The Morgan fingerprint density at radius 1 is 1.11 bits per heavy atom. The Bertz CT molecular complexity index is 694. The molecular formula is C22H26O6. The van der Waals surface area contributed by atoms with E-state index in [0.29, 0.717) is 6.42 Å². The van der Waals surface area contributed by atoms with Crippen LogP contribution >= 0.6 is 0 Å². The second-order valence-corrected chi connectivity index (χ2v) is 6.02. The molecule has 1 N–H and O–H groups in total. The molecule has 0 bridgehead atoms. The third kappa shape index (κ3) is 12.2. The zero-order valence-corrected chi connectivity index (χ0v) is 15.9. The summed E-state index contributed by atoms with van der Waals surface area (Å²) in [6.07, 6.45) is 20.8. The molecule has 1 aliphatic heterocycles. The molecule has 6 heteroatoms. The molecule has 2 unspecified atom stereocenters. The summed E-state index contributed by atoms with van der Waals surface area (Å²) in [7, 11) is 0. The lowest BCUT2D eigenvalue weighted by molar-refractivity contribution is -0.143. The van der Waals surface area contributed by atoms with E-state index in [1.54, 1.807) is 6.08 Å². The number of esters is 2. The molecule has 0 spiro atoms. The van der Waals surface area contributed by atoms with Crippen molar-refractivity contribution < 1.29 is 29.0 Å². The van der Waals surface area contributed by atoms with E-state index in [9.17, 15) is 14.4 Å². The van der Waals surface area contributed by atoms with Crippen molar-refractivity contribution in [1.29, 1.82) is 0 Å². The minimum Gasteiger partial charge on any atom is -0.478 e. The number of carbonyl (C=O) groups excluding carboxylic acids is 2. The first-order valence-electron chi connectivity index (χ1n) is 9.13. The number of hydrogen-bond donors (Lipinski definition) is 1. The standard InChI is InChI=1S/C22H26O6/c1-18-12-8-4-2-3-5-9-13-19(16-17-22(26)27-18)28-21(25)15-11-7-6-10-14-20(23)24/h2-3,6-7,9-11,13-19H,4-5,8,12H2,1H3,(H,23,24). The Kier molecular flexibility index (Phi) is 11.4. The van der Waals surface area contributed by atoms with Crippen LogP contribution in [0.3, 0.4) is 0 Å². The molecule has 0 amide bonds. The van der Waals surface area contributed by atoms with Crippen LogP contribution in [0, 0.1) is 0 Å². The first-order chi connectivity index (χ1) is 13.5. The largest absolute Gasteiger partial charge is 0.478 e. The smallest absolute Gasteiger partial charge is 0.331 e. The molecule has 28 heavy (non-hydrogen) atoms. The van der Waals surface area contributed by atoms with Gasteiger partial charge in [0.25, 0.3) is 0 Å². The van der Waals surface area contributed by atoms with Crippen molar-refractivity contribution >= 4 is 17.9 Å². The van der Waals surface area contributed by atoms with Crippen LogP contribution in [0.1, 0.15) is 32.6 Å². The van der Waals surface area contributed by atoms with Crippen LogP contribution < -0.4 is 0 Å². The number of carboxylic acid groups (broad SMARTS) is 1. The summed E-state index contributed by atoms with van der Waals surface area (Å²) in [5, 5.41) is 8.45. The molecule has 0 aromatic carbocycles. The van der Waals surface area contributed by atoms with Gasteiger partial charge >= 0.3 is 17.9 Å². The number of carbonyl (C=O) groups is 3. The maximum absolute atomic E-state index is 11.9. The molecule has 2 atom stereocenters. The zero-order chi connectivity index (χ0) is 20.6. The minimum atomic E-state index is -1.05. The van der Waals surface area contributed by atoms with Gasteiger partial charge in [0, 0.05) is 18.2 Å². The summed E-state index contributed by atoms with van der Waals surface area (Å²) in [6, 6.07) is 0. The van der Waals surface area contributed by atoms with Gasteiger partial charge in [-0.25, -0.2) is 14.4 Å². The van der Waals surface area contributed by atoms with Crippen molar-refractivity contribution in [3.05, 3.63) is 72.9 Å². The topological polar surface area (TPSA) is 89.9 Å². The molecule has 1 rings (SSSR count). The molecule has 1 heterocycles. The van der Waals surface area contributed by atoms with E-state index in [-0.39, 0.29) is 6.10 Å². The number of hydrogen-bond acceptors (Lipinski definition) is 5. The SMILES string of the molecule is CC1CCCC=CCC=CC(OC(=O)C=CC=CC=CC(=O)O)C=CC(=O)O1. The molecule has 0 aliphatic carbocycles.